The smallest absolute Gasteiger partial charge is 0.246 e. The lowest BCUT2D eigenvalue weighted by atomic mass is 9.86. The third-order valence-corrected chi connectivity index (χ3v) is 3.69. The van der Waals surface area contributed by atoms with Gasteiger partial charge in [0.05, 0.1) is 5.60 Å². The van der Waals surface area contributed by atoms with Gasteiger partial charge in [0.25, 0.3) is 0 Å². The Labute approximate surface area is 83.4 Å². The number of nitrogens with one attached hydrogen (secondary N) is 2. The molecular formula is C10H16N2O2. The molecule has 3 fully saturated rings. The average Bonchev–Trinajstić information content (AvgIpc) is 2.52. The molecule has 0 saturated carbocycles. The Kier molecular flexibility index (Phi) is 1.82. The fourth-order valence-electron chi connectivity index (χ4n) is 3.05. The highest BCUT2D eigenvalue weighted by Crippen LogP contribution is 2.36. The predicted octanol–water partition coefficient (Wildman–Crippen LogP) is -0.214. The fourth-order valence-corrected chi connectivity index (χ4v) is 3.05. The summed E-state index contributed by atoms with van der Waals surface area (Å²) in [5.74, 6) is 0.0292. The summed E-state index contributed by atoms with van der Waals surface area (Å²) in [5, 5.41) is 6.50. The molecule has 2 bridgehead atoms. The number of amides is 1. The molecule has 0 aromatic heterocycles. The summed E-state index contributed by atoms with van der Waals surface area (Å²) in [6, 6.07) is 1.23. The number of hydrogen-bond donors (Lipinski definition) is 2. The van der Waals surface area contributed by atoms with Gasteiger partial charge in [0.15, 0.2) is 0 Å². The summed E-state index contributed by atoms with van der Waals surface area (Å²) in [6.07, 6.45) is 4.65. The summed E-state index contributed by atoms with van der Waals surface area (Å²) in [5.41, 5.74) is -0.0506. The number of morpholine rings is 1. The van der Waals surface area contributed by atoms with Crippen LogP contribution in [0.2, 0.25) is 0 Å². The molecule has 3 heterocycles. The highest BCUT2D eigenvalue weighted by Gasteiger charge is 2.46. The minimum Gasteiger partial charge on any atom is -0.363 e. The maximum atomic E-state index is 11.0. The topological polar surface area (TPSA) is 50.4 Å². The van der Waals surface area contributed by atoms with E-state index in [1.807, 2.05) is 0 Å². The molecule has 3 atom stereocenters. The van der Waals surface area contributed by atoms with E-state index < -0.39 is 0 Å². The highest BCUT2D eigenvalue weighted by atomic mass is 16.5. The van der Waals surface area contributed by atoms with Gasteiger partial charge in [0.2, 0.25) is 5.91 Å². The molecule has 0 aliphatic carbocycles. The second-order valence-electron chi connectivity index (χ2n) is 4.79. The van der Waals surface area contributed by atoms with E-state index in [1.165, 1.54) is 12.8 Å². The van der Waals surface area contributed by atoms with Crippen molar-refractivity contribution in [1.82, 2.24) is 10.6 Å². The van der Waals surface area contributed by atoms with E-state index in [0.717, 1.165) is 12.8 Å². The van der Waals surface area contributed by atoms with E-state index >= 15 is 0 Å². The molecule has 0 aromatic carbocycles. The van der Waals surface area contributed by atoms with Crippen molar-refractivity contribution in [3.05, 3.63) is 0 Å². The van der Waals surface area contributed by atoms with Gasteiger partial charge in [-0.1, -0.05) is 0 Å². The van der Waals surface area contributed by atoms with Gasteiger partial charge in [0, 0.05) is 18.6 Å². The van der Waals surface area contributed by atoms with Crippen molar-refractivity contribution >= 4 is 5.91 Å². The lowest BCUT2D eigenvalue weighted by Crippen LogP contribution is -2.59. The zero-order valence-corrected chi connectivity index (χ0v) is 8.21. The van der Waals surface area contributed by atoms with Crippen molar-refractivity contribution in [1.29, 1.82) is 0 Å². The van der Waals surface area contributed by atoms with Crippen LogP contribution in [0, 0.1) is 0 Å². The molecule has 1 spiro atoms. The molecule has 2 N–H and O–H groups in total. The van der Waals surface area contributed by atoms with Crippen LogP contribution in [0.4, 0.5) is 0 Å². The molecule has 0 radical (unpaired) electrons. The molecule has 3 rings (SSSR count). The number of fused-ring (bicyclic) bond motifs is 2. The largest absolute Gasteiger partial charge is 0.363 e. The third-order valence-electron chi connectivity index (χ3n) is 3.69. The molecule has 0 aromatic rings. The summed E-state index contributed by atoms with van der Waals surface area (Å²) in [7, 11) is 0. The zero-order valence-electron chi connectivity index (χ0n) is 8.21. The number of hydrogen-bond acceptors (Lipinski definition) is 3. The maximum Gasteiger partial charge on any atom is 0.246 e. The normalized spacial score (nSPS) is 46.7. The van der Waals surface area contributed by atoms with E-state index in [-0.39, 0.29) is 18.1 Å². The lowest BCUT2D eigenvalue weighted by Gasteiger charge is -2.43. The van der Waals surface area contributed by atoms with E-state index in [2.05, 4.69) is 10.6 Å². The summed E-state index contributed by atoms with van der Waals surface area (Å²) in [6.45, 7) is 0.958. The van der Waals surface area contributed by atoms with Crippen LogP contribution in [-0.4, -0.2) is 36.7 Å². The Hall–Kier alpha value is -0.610. The number of carbonyl (C=O) groups excluding carboxylic acids is 1. The van der Waals surface area contributed by atoms with Gasteiger partial charge in [-0.3, -0.25) is 4.79 Å². The minimum absolute atomic E-state index is 0.0292. The van der Waals surface area contributed by atoms with Crippen LogP contribution in [0.15, 0.2) is 0 Å². The first-order valence-electron chi connectivity index (χ1n) is 5.43. The molecule has 3 aliphatic heterocycles. The van der Waals surface area contributed by atoms with Gasteiger partial charge in [0.1, 0.15) is 6.61 Å². The van der Waals surface area contributed by atoms with Crippen molar-refractivity contribution in [3.8, 4) is 0 Å². The molecule has 3 saturated heterocycles. The highest BCUT2D eigenvalue weighted by molar-refractivity contribution is 5.78. The van der Waals surface area contributed by atoms with Gasteiger partial charge < -0.3 is 15.4 Å². The predicted molar refractivity (Wildman–Crippen MR) is 50.9 cm³/mol. The molecule has 14 heavy (non-hydrogen) atoms. The summed E-state index contributed by atoms with van der Waals surface area (Å²) >= 11 is 0. The summed E-state index contributed by atoms with van der Waals surface area (Å²) < 4.78 is 5.75. The molecule has 4 heteroatoms. The van der Waals surface area contributed by atoms with Crippen molar-refractivity contribution in [2.75, 3.05) is 13.2 Å². The number of carbonyl (C=O) groups is 1. The Morgan fingerprint density at radius 1 is 1.29 bits per heavy atom. The number of ether oxygens (including phenoxy) is 1. The van der Waals surface area contributed by atoms with Gasteiger partial charge in [-0.05, 0) is 25.7 Å². The SMILES string of the molecule is O=C1COC2(CN1)C[C@H]1CC[C@@H](C2)N1. The minimum atomic E-state index is -0.0506. The van der Waals surface area contributed by atoms with Crippen LogP contribution in [0.25, 0.3) is 0 Å². The van der Waals surface area contributed by atoms with Crippen molar-refractivity contribution < 1.29 is 9.53 Å². The zero-order chi connectivity index (χ0) is 9.60. The van der Waals surface area contributed by atoms with Crippen molar-refractivity contribution in [3.63, 3.8) is 0 Å². The molecule has 1 amide bonds. The van der Waals surface area contributed by atoms with Crippen LogP contribution in [-0.2, 0) is 9.53 Å². The Morgan fingerprint density at radius 3 is 2.57 bits per heavy atom. The van der Waals surface area contributed by atoms with Crippen LogP contribution in [0.3, 0.4) is 0 Å². The first-order valence-corrected chi connectivity index (χ1v) is 5.43. The average molecular weight is 196 g/mol. The Balaban J connectivity index is 1.74. The quantitative estimate of drug-likeness (QED) is 0.563. The molecule has 4 nitrogen and oxygen atoms in total. The van der Waals surface area contributed by atoms with E-state index in [0.29, 0.717) is 18.6 Å². The second-order valence-corrected chi connectivity index (χ2v) is 4.79. The van der Waals surface area contributed by atoms with Crippen molar-refractivity contribution in [2.45, 2.75) is 43.4 Å². The molecule has 1 unspecified atom stereocenters. The van der Waals surface area contributed by atoms with Gasteiger partial charge in [-0.15, -0.1) is 0 Å². The van der Waals surface area contributed by atoms with Gasteiger partial charge in [-0.25, -0.2) is 0 Å². The molecule has 78 valence electrons. The first-order chi connectivity index (χ1) is 6.76. The maximum absolute atomic E-state index is 11.0. The van der Waals surface area contributed by atoms with Gasteiger partial charge >= 0.3 is 0 Å². The Bertz CT molecular complexity index is 243. The number of rotatable bonds is 0. The van der Waals surface area contributed by atoms with E-state index in [9.17, 15) is 4.79 Å². The third kappa shape index (κ3) is 1.33. The van der Waals surface area contributed by atoms with Crippen molar-refractivity contribution in [2.24, 2.45) is 0 Å². The fraction of sp³-hybridized carbons (Fsp3) is 0.900. The Morgan fingerprint density at radius 2 is 2.00 bits per heavy atom. The molecule has 3 aliphatic rings. The second kappa shape index (κ2) is 2.94. The van der Waals surface area contributed by atoms with Crippen LogP contribution < -0.4 is 10.6 Å². The van der Waals surface area contributed by atoms with E-state index in [1.54, 1.807) is 0 Å². The number of piperidine rings is 1. The van der Waals surface area contributed by atoms with Crippen LogP contribution in [0.1, 0.15) is 25.7 Å². The van der Waals surface area contributed by atoms with Crippen LogP contribution in [0.5, 0.6) is 0 Å². The van der Waals surface area contributed by atoms with E-state index in [4.69, 9.17) is 4.74 Å². The molecular weight excluding hydrogens is 180 g/mol. The van der Waals surface area contributed by atoms with Crippen LogP contribution >= 0.6 is 0 Å². The first kappa shape index (κ1) is 8.68. The standard InChI is InChI=1S/C10H16N2O2/c13-9-5-14-10(6-11-9)3-7-1-2-8(4-10)12-7/h7-8,12H,1-6H2,(H,11,13)/t7-,8+,10?. The summed E-state index contributed by atoms with van der Waals surface area (Å²) in [4.78, 5) is 11.0. The monoisotopic (exact) mass is 196 g/mol. The van der Waals surface area contributed by atoms with Gasteiger partial charge in [-0.2, -0.15) is 0 Å². The lowest BCUT2D eigenvalue weighted by molar-refractivity contribution is -0.149.